The molecule has 0 saturated carbocycles. The van der Waals surface area contributed by atoms with E-state index in [1.807, 2.05) is 6.07 Å². The van der Waals surface area contributed by atoms with Crippen LogP contribution in [0.3, 0.4) is 0 Å². The minimum Gasteiger partial charge on any atom is -0.478 e. The van der Waals surface area contributed by atoms with E-state index in [4.69, 9.17) is 25.5 Å². The predicted octanol–water partition coefficient (Wildman–Crippen LogP) is 2.52. The second kappa shape index (κ2) is 17.5. The number of β-amino-alcohol motifs (C(OH)–C–C–N with tert-alkyl or cyclic N) is 1. The molecule has 1 fully saturated rings. The maximum atomic E-state index is 13.8. The molecule has 5 N–H and O–H groups in total. The Morgan fingerprint density at radius 1 is 0.864 bits per heavy atom. The van der Waals surface area contributed by atoms with Gasteiger partial charge in [-0.2, -0.15) is 0 Å². The van der Waals surface area contributed by atoms with E-state index < -0.39 is 23.9 Å². The maximum absolute atomic E-state index is 13.8. The lowest BCUT2D eigenvalue weighted by molar-refractivity contribution is -0.385. The summed E-state index contributed by atoms with van der Waals surface area (Å²) in [5, 5.41) is 51.7. The van der Waals surface area contributed by atoms with Gasteiger partial charge in [0.2, 0.25) is 0 Å². The summed E-state index contributed by atoms with van der Waals surface area (Å²) < 4.78 is 13.8. The van der Waals surface area contributed by atoms with Crippen LogP contribution in [0.15, 0.2) is 70.5 Å². The number of non-ortho nitro benzene ring substituents is 1. The Balaban J connectivity index is 0.000000349. The maximum Gasteiger partial charge on any atom is 0.328 e. The van der Waals surface area contributed by atoms with Gasteiger partial charge in [-0.25, -0.2) is 23.6 Å². The number of hydrogen-bond acceptors (Lipinski definition) is 10. The molecule has 1 saturated heterocycles. The van der Waals surface area contributed by atoms with Crippen molar-refractivity contribution in [2.24, 2.45) is 0 Å². The standard InChI is InChI=1S/C20H22FN3O3S.2C4H4O4/c21-15-2-1-14-11-18(23-7-5-22(6-8-23)9-10-25)17-13-16(24(26)27)3-4-19(17)28-20(14)12-15;2*5-3(6)1-2-4(7)8/h1-4,12-13,18,25H,5-11H2;2*1-2H,(H,5,6)(H,7,8)/b;2*2-1-. The third kappa shape index (κ3) is 11.9. The highest BCUT2D eigenvalue weighted by Gasteiger charge is 2.31. The van der Waals surface area contributed by atoms with Crippen LogP contribution in [0.1, 0.15) is 17.2 Å². The zero-order valence-electron chi connectivity index (χ0n) is 23.1. The minimum atomic E-state index is -1.26. The molecule has 4 rings (SSSR count). The Bertz CT molecular complexity index is 1360. The van der Waals surface area contributed by atoms with Crippen molar-refractivity contribution in [3.8, 4) is 0 Å². The number of nitro benzene ring substituents is 1. The molecular formula is C28H30FN3O11S. The van der Waals surface area contributed by atoms with E-state index in [9.17, 15) is 33.7 Å². The van der Waals surface area contributed by atoms with Crippen LogP contribution in [-0.4, -0.2) is 103 Å². The summed E-state index contributed by atoms with van der Waals surface area (Å²) >= 11 is 1.48. The van der Waals surface area contributed by atoms with Crippen molar-refractivity contribution >= 4 is 41.3 Å². The summed E-state index contributed by atoms with van der Waals surface area (Å²) in [6.07, 6.45) is 2.92. The fourth-order valence-electron chi connectivity index (χ4n) is 4.28. The van der Waals surface area contributed by atoms with Gasteiger partial charge in [-0.15, -0.1) is 0 Å². The predicted molar refractivity (Wildman–Crippen MR) is 154 cm³/mol. The zero-order chi connectivity index (χ0) is 32.8. The van der Waals surface area contributed by atoms with Crippen molar-refractivity contribution in [3.63, 3.8) is 0 Å². The van der Waals surface area contributed by atoms with Crippen LogP contribution in [0, 0.1) is 15.9 Å². The van der Waals surface area contributed by atoms with E-state index in [0.29, 0.717) is 37.3 Å². The average Bonchev–Trinajstić information content (AvgIpc) is 3.12. The highest BCUT2D eigenvalue weighted by molar-refractivity contribution is 7.99. The summed E-state index contributed by atoms with van der Waals surface area (Å²) in [5.41, 5.74) is 2.08. The second-order valence-corrected chi connectivity index (χ2v) is 10.3. The first-order chi connectivity index (χ1) is 20.8. The van der Waals surface area contributed by atoms with Gasteiger partial charge >= 0.3 is 23.9 Å². The molecule has 0 aromatic heterocycles. The summed E-state index contributed by atoms with van der Waals surface area (Å²) in [4.78, 5) is 55.6. The number of hydrogen-bond donors (Lipinski definition) is 5. The molecule has 1 atom stereocenters. The van der Waals surface area contributed by atoms with E-state index in [-0.39, 0.29) is 29.1 Å². The highest BCUT2D eigenvalue weighted by Crippen LogP contribution is 2.44. The smallest absolute Gasteiger partial charge is 0.328 e. The van der Waals surface area contributed by atoms with Crippen molar-refractivity contribution in [3.05, 3.63) is 87.8 Å². The molecule has 0 spiro atoms. The molecule has 1 unspecified atom stereocenters. The lowest BCUT2D eigenvalue weighted by Gasteiger charge is -2.39. The van der Waals surface area contributed by atoms with E-state index in [1.165, 1.54) is 23.9 Å². The molecule has 2 heterocycles. The first-order valence-electron chi connectivity index (χ1n) is 12.9. The summed E-state index contributed by atoms with van der Waals surface area (Å²) in [6.45, 7) is 4.17. The van der Waals surface area contributed by atoms with Crippen LogP contribution in [0.5, 0.6) is 0 Å². The third-order valence-electron chi connectivity index (χ3n) is 6.23. The number of nitrogens with zero attached hydrogens (tertiary/aromatic N) is 3. The molecule has 2 aromatic rings. The lowest BCUT2D eigenvalue weighted by atomic mass is 9.96. The second-order valence-electron chi connectivity index (χ2n) is 9.17. The Morgan fingerprint density at radius 2 is 1.41 bits per heavy atom. The van der Waals surface area contributed by atoms with Crippen molar-refractivity contribution in [2.75, 3.05) is 39.3 Å². The highest BCUT2D eigenvalue weighted by atomic mass is 32.2. The first-order valence-corrected chi connectivity index (χ1v) is 13.7. The van der Waals surface area contributed by atoms with Crippen LogP contribution in [0.2, 0.25) is 0 Å². The van der Waals surface area contributed by atoms with Crippen molar-refractivity contribution in [1.29, 1.82) is 0 Å². The molecule has 2 aliphatic heterocycles. The molecule has 2 aliphatic rings. The van der Waals surface area contributed by atoms with Gasteiger partial charge in [-0.05, 0) is 35.7 Å². The number of halogens is 1. The average molecular weight is 636 g/mol. The molecular weight excluding hydrogens is 605 g/mol. The molecule has 236 valence electrons. The fraction of sp³-hybridized carbons (Fsp3) is 0.286. The van der Waals surface area contributed by atoms with Crippen LogP contribution >= 0.6 is 11.8 Å². The zero-order valence-corrected chi connectivity index (χ0v) is 23.9. The van der Waals surface area contributed by atoms with Gasteiger partial charge in [0.25, 0.3) is 5.69 Å². The summed E-state index contributed by atoms with van der Waals surface area (Å²) in [5.74, 6) is -5.30. The number of fused-ring (bicyclic) bond motifs is 2. The normalized spacial score (nSPS) is 16.4. The van der Waals surface area contributed by atoms with Gasteiger partial charge in [0.05, 0.1) is 11.5 Å². The van der Waals surface area contributed by atoms with Gasteiger partial charge < -0.3 is 25.5 Å². The Kier molecular flexibility index (Phi) is 14.1. The largest absolute Gasteiger partial charge is 0.478 e. The van der Waals surface area contributed by atoms with Gasteiger partial charge in [0.1, 0.15) is 5.82 Å². The number of carboxylic acid groups (broad SMARTS) is 4. The van der Waals surface area contributed by atoms with E-state index in [0.717, 1.165) is 47.1 Å². The number of benzene rings is 2. The van der Waals surface area contributed by atoms with Crippen molar-refractivity contribution < 1.29 is 54.0 Å². The molecule has 0 bridgehead atoms. The van der Waals surface area contributed by atoms with Crippen LogP contribution < -0.4 is 0 Å². The van der Waals surface area contributed by atoms with Gasteiger partial charge in [0.15, 0.2) is 0 Å². The summed E-state index contributed by atoms with van der Waals surface area (Å²) in [6, 6.07) is 9.84. The number of nitro groups is 1. The van der Waals surface area contributed by atoms with Crippen LogP contribution in [-0.2, 0) is 25.6 Å². The van der Waals surface area contributed by atoms with Gasteiger partial charge in [0, 0.05) is 85.0 Å². The lowest BCUT2D eigenvalue weighted by Crippen LogP contribution is -2.48. The number of aliphatic hydroxyl groups excluding tert-OH is 1. The molecule has 0 aliphatic carbocycles. The van der Waals surface area contributed by atoms with E-state index >= 15 is 0 Å². The number of carboxylic acids is 4. The van der Waals surface area contributed by atoms with Crippen molar-refractivity contribution in [1.82, 2.24) is 9.80 Å². The SMILES string of the molecule is O=C(O)/C=C\C(=O)O.O=C(O)/C=C\C(=O)O.O=[N+]([O-])c1ccc2c(c1)C(N1CCN(CCO)CC1)Cc1ccc(F)cc1S2. The topological polar surface area (TPSA) is 219 Å². The molecule has 0 radical (unpaired) electrons. The number of aliphatic carboxylic acids is 4. The molecule has 14 nitrogen and oxygen atoms in total. The Morgan fingerprint density at radius 3 is 1.89 bits per heavy atom. The number of aliphatic hydroxyl groups is 1. The monoisotopic (exact) mass is 635 g/mol. The third-order valence-corrected chi connectivity index (χ3v) is 7.42. The van der Waals surface area contributed by atoms with E-state index in [1.54, 1.807) is 18.2 Å². The van der Waals surface area contributed by atoms with Crippen LogP contribution in [0.25, 0.3) is 0 Å². The Hall–Kier alpha value is -4.64. The van der Waals surface area contributed by atoms with E-state index in [2.05, 4.69) is 9.80 Å². The van der Waals surface area contributed by atoms with Gasteiger partial charge in [-0.3, -0.25) is 19.9 Å². The minimum absolute atomic E-state index is 0.00499. The summed E-state index contributed by atoms with van der Waals surface area (Å²) in [7, 11) is 0. The molecule has 16 heteroatoms. The van der Waals surface area contributed by atoms with Gasteiger partial charge in [-0.1, -0.05) is 17.8 Å². The number of rotatable bonds is 8. The van der Waals surface area contributed by atoms with Crippen molar-refractivity contribution in [2.45, 2.75) is 22.3 Å². The molecule has 44 heavy (non-hydrogen) atoms. The quantitative estimate of drug-likeness (QED) is 0.160. The first kappa shape index (κ1) is 35.6. The molecule has 0 amide bonds. The Labute approximate surface area is 254 Å². The number of carbonyl (C=O) groups is 4. The fourth-order valence-corrected chi connectivity index (χ4v) is 5.42. The number of piperazine rings is 1. The molecule has 2 aromatic carbocycles. The van der Waals surface area contributed by atoms with Crippen LogP contribution in [0.4, 0.5) is 10.1 Å².